The van der Waals surface area contributed by atoms with Gasteiger partial charge >= 0.3 is 11.9 Å². The van der Waals surface area contributed by atoms with E-state index in [1.54, 1.807) is 38.1 Å². The molecule has 1 saturated carbocycles. The van der Waals surface area contributed by atoms with Gasteiger partial charge in [0.05, 0.1) is 11.1 Å². The van der Waals surface area contributed by atoms with Crippen molar-refractivity contribution < 1.29 is 29.1 Å². The summed E-state index contributed by atoms with van der Waals surface area (Å²) in [6, 6.07) is 16.5. The Morgan fingerprint density at radius 3 is 1.24 bits per heavy atom. The van der Waals surface area contributed by atoms with E-state index in [0.717, 1.165) is 35.3 Å². The highest BCUT2D eigenvalue weighted by Crippen LogP contribution is 2.43. The molecule has 1 aliphatic rings. The van der Waals surface area contributed by atoms with Crippen molar-refractivity contribution >= 4 is 38.5 Å². The molecule has 0 aliphatic heterocycles. The van der Waals surface area contributed by atoms with Gasteiger partial charge in [0, 0.05) is 0 Å². The summed E-state index contributed by atoms with van der Waals surface area (Å²) in [5, 5.41) is 2.25. The van der Waals surface area contributed by atoms with Gasteiger partial charge in [-0.1, -0.05) is 84.1 Å². The third kappa shape index (κ3) is 6.52. The lowest BCUT2D eigenvalue weighted by Crippen LogP contribution is -2.56. The zero-order valence-corrected chi connectivity index (χ0v) is 27.4. The van der Waals surface area contributed by atoms with Gasteiger partial charge in [-0.25, -0.2) is 9.59 Å². The van der Waals surface area contributed by atoms with Crippen LogP contribution in [0.25, 0.3) is 0 Å². The topological polar surface area (TPSA) is 71.1 Å². The maximum absolute atomic E-state index is 12.9. The third-order valence-corrected chi connectivity index (χ3v) is 17.3. The Bertz CT molecular complexity index is 1180. The summed E-state index contributed by atoms with van der Waals surface area (Å²) in [6.07, 6.45) is 2.80. The molecule has 1 aliphatic carbocycles. The van der Waals surface area contributed by atoms with Crippen LogP contribution < -0.4 is 10.4 Å². The second kappa shape index (κ2) is 13.8. The van der Waals surface area contributed by atoms with Gasteiger partial charge in [-0.3, -0.25) is 9.78 Å². The summed E-state index contributed by atoms with van der Waals surface area (Å²) in [6.45, 7) is 23.9. The molecule has 0 amide bonds. The standard InChI is InChI=1S/C34H44O6Si2/c1-9-41(10-2,11-3)29-21-17-27(18-22-29)31(35)37-39-33(7)25-15-16-26-34(33,8)40-38-32(36)28-19-23-30(24-20-28)42(12-4,13-5)14-6/h9-10,12-13,17-24H,1-2,4-5,11,14-16,25-26H2,3,6-8H3. The van der Waals surface area contributed by atoms with E-state index in [4.69, 9.17) is 19.6 Å². The van der Waals surface area contributed by atoms with E-state index in [-0.39, 0.29) is 0 Å². The number of carbonyl (C=O) groups excluding carboxylic acids is 2. The van der Waals surface area contributed by atoms with Gasteiger partial charge in [-0.05, 0) is 63.0 Å². The molecule has 42 heavy (non-hydrogen) atoms. The Balaban J connectivity index is 1.68. The minimum absolute atomic E-state index is 0.367. The summed E-state index contributed by atoms with van der Waals surface area (Å²) in [5.41, 5.74) is 6.62. The maximum atomic E-state index is 12.9. The molecular weight excluding hydrogens is 561 g/mol. The van der Waals surface area contributed by atoms with Crippen LogP contribution in [0.3, 0.4) is 0 Å². The first-order chi connectivity index (χ1) is 20.0. The van der Waals surface area contributed by atoms with Crippen LogP contribution in [0.5, 0.6) is 0 Å². The van der Waals surface area contributed by atoms with E-state index in [2.05, 4.69) is 40.2 Å². The molecule has 0 heterocycles. The van der Waals surface area contributed by atoms with Gasteiger partial charge in [0.25, 0.3) is 0 Å². The van der Waals surface area contributed by atoms with Crippen molar-refractivity contribution in [3.05, 3.63) is 109 Å². The minimum atomic E-state index is -2.01. The molecule has 0 spiro atoms. The van der Waals surface area contributed by atoms with E-state index >= 15 is 0 Å². The predicted molar refractivity (Wildman–Crippen MR) is 174 cm³/mol. The summed E-state index contributed by atoms with van der Waals surface area (Å²) in [5.74, 6) is -1.22. The van der Waals surface area contributed by atoms with E-state index < -0.39 is 39.3 Å². The molecule has 2 aromatic rings. The van der Waals surface area contributed by atoms with E-state index in [1.807, 2.05) is 47.1 Å². The second-order valence-electron chi connectivity index (χ2n) is 11.3. The van der Waals surface area contributed by atoms with Crippen LogP contribution in [-0.4, -0.2) is 39.3 Å². The Labute approximate surface area is 252 Å². The predicted octanol–water partition coefficient (Wildman–Crippen LogP) is 6.91. The molecule has 0 saturated heterocycles. The normalized spacial score (nSPS) is 20.7. The fourth-order valence-corrected chi connectivity index (χ4v) is 10.3. The highest BCUT2D eigenvalue weighted by atomic mass is 28.3. The molecule has 6 nitrogen and oxygen atoms in total. The molecule has 2 unspecified atom stereocenters. The quantitative estimate of drug-likeness (QED) is 0.133. The third-order valence-electron chi connectivity index (χ3n) is 9.22. The van der Waals surface area contributed by atoms with Crippen molar-refractivity contribution in [1.82, 2.24) is 0 Å². The van der Waals surface area contributed by atoms with Crippen molar-refractivity contribution in [3.63, 3.8) is 0 Å². The lowest BCUT2D eigenvalue weighted by atomic mass is 9.74. The zero-order chi connectivity index (χ0) is 31.0. The molecule has 0 bridgehead atoms. The van der Waals surface area contributed by atoms with Gasteiger partial charge in [-0.2, -0.15) is 9.78 Å². The first-order valence-corrected chi connectivity index (χ1v) is 19.3. The number of hydrogen-bond acceptors (Lipinski definition) is 6. The van der Waals surface area contributed by atoms with Crippen LogP contribution in [0.4, 0.5) is 0 Å². The lowest BCUT2D eigenvalue weighted by Gasteiger charge is -2.45. The summed E-state index contributed by atoms with van der Waals surface area (Å²) in [7, 11) is -4.01. The molecular formula is C34H44O6Si2. The average molecular weight is 605 g/mol. The summed E-state index contributed by atoms with van der Waals surface area (Å²) >= 11 is 0. The number of hydrogen-bond donors (Lipinski definition) is 0. The summed E-state index contributed by atoms with van der Waals surface area (Å²) < 4.78 is 0. The Hall–Kier alpha value is -3.31. The molecule has 2 aromatic carbocycles. The molecule has 2 atom stereocenters. The monoisotopic (exact) mass is 604 g/mol. The fraction of sp³-hybridized carbons (Fsp3) is 0.353. The second-order valence-corrected chi connectivity index (χ2v) is 19.7. The van der Waals surface area contributed by atoms with Crippen molar-refractivity contribution in [3.8, 4) is 0 Å². The Kier molecular flexibility index (Phi) is 10.9. The van der Waals surface area contributed by atoms with Gasteiger partial charge in [0.1, 0.15) is 27.3 Å². The summed E-state index contributed by atoms with van der Waals surface area (Å²) in [4.78, 5) is 48.1. The van der Waals surface area contributed by atoms with E-state index in [9.17, 15) is 9.59 Å². The van der Waals surface area contributed by atoms with Crippen LogP contribution in [0.2, 0.25) is 12.1 Å². The van der Waals surface area contributed by atoms with Gasteiger partial charge < -0.3 is 0 Å². The van der Waals surface area contributed by atoms with Gasteiger partial charge in [0.2, 0.25) is 0 Å². The van der Waals surface area contributed by atoms with Crippen LogP contribution >= 0.6 is 0 Å². The Morgan fingerprint density at radius 2 is 0.976 bits per heavy atom. The first-order valence-electron chi connectivity index (χ1n) is 14.6. The van der Waals surface area contributed by atoms with Gasteiger partial charge in [-0.15, -0.1) is 26.3 Å². The van der Waals surface area contributed by atoms with E-state index in [0.29, 0.717) is 24.0 Å². The lowest BCUT2D eigenvalue weighted by molar-refractivity contribution is -0.418. The first kappa shape index (κ1) is 33.2. The van der Waals surface area contributed by atoms with Crippen molar-refractivity contribution in [2.75, 3.05) is 0 Å². The van der Waals surface area contributed by atoms with Gasteiger partial charge in [0.15, 0.2) is 0 Å². The van der Waals surface area contributed by atoms with Crippen LogP contribution in [0, 0.1) is 0 Å². The van der Waals surface area contributed by atoms with Crippen LogP contribution in [-0.2, 0) is 19.6 Å². The molecule has 8 heteroatoms. The number of benzene rings is 2. The SMILES string of the molecule is C=C[Si](C=C)(CC)c1ccc(C(=O)OOC2(C)CCCCC2(C)OOC(=O)c2ccc([Si](C=C)(C=C)CC)cc2)cc1. The van der Waals surface area contributed by atoms with Crippen molar-refractivity contribution in [1.29, 1.82) is 0 Å². The largest absolute Gasteiger partial charge is 0.373 e. The molecule has 0 N–H and O–H groups in total. The molecule has 3 rings (SSSR count). The van der Waals surface area contributed by atoms with Crippen molar-refractivity contribution in [2.45, 2.75) is 76.7 Å². The average Bonchev–Trinajstić information content (AvgIpc) is 3.03. The van der Waals surface area contributed by atoms with Crippen molar-refractivity contribution in [2.24, 2.45) is 0 Å². The Morgan fingerprint density at radius 1 is 0.667 bits per heavy atom. The van der Waals surface area contributed by atoms with E-state index in [1.165, 1.54) is 0 Å². The van der Waals surface area contributed by atoms with Crippen LogP contribution in [0.1, 0.15) is 74.1 Å². The smallest absolute Gasteiger partial charge is 0.292 e. The number of carbonyl (C=O) groups is 2. The highest BCUT2D eigenvalue weighted by molar-refractivity contribution is 7.00. The number of rotatable bonds is 14. The van der Waals surface area contributed by atoms with Crippen LogP contribution in [0.15, 0.2) is 97.6 Å². The highest BCUT2D eigenvalue weighted by Gasteiger charge is 2.53. The molecule has 0 radical (unpaired) electrons. The minimum Gasteiger partial charge on any atom is -0.292 e. The maximum Gasteiger partial charge on any atom is 0.373 e. The molecule has 224 valence electrons. The zero-order valence-electron chi connectivity index (χ0n) is 25.4. The molecule has 1 fully saturated rings. The molecule has 0 aromatic heterocycles. The fourth-order valence-electron chi connectivity index (χ4n) is 5.53.